The van der Waals surface area contributed by atoms with Crippen molar-refractivity contribution in [3.05, 3.63) is 59.7 Å². The van der Waals surface area contributed by atoms with E-state index in [1.807, 2.05) is 69.3 Å². The molecule has 2 aromatic rings. The maximum atomic E-state index is 13.3. The molecule has 0 radical (unpaired) electrons. The number of hydrogen-bond acceptors (Lipinski definition) is 4. The Morgan fingerprint density at radius 3 is 2.06 bits per heavy atom. The number of hydrogen-bond donors (Lipinski definition) is 1. The summed E-state index contributed by atoms with van der Waals surface area (Å²) in [7, 11) is 1.61. The third kappa shape index (κ3) is 8.12. The van der Waals surface area contributed by atoms with E-state index in [1.165, 1.54) is 5.56 Å². The van der Waals surface area contributed by atoms with Crippen LogP contribution in [-0.2, 0) is 16.1 Å². The van der Waals surface area contributed by atoms with Crippen molar-refractivity contribution >= 4 is 11.8 Å². The third-order valence-corrected chi connectivity index (χ3v) is 5.49. The second-order valence-corrected chi connectivity index (χ2v) is 8.95. The van der Waals surface area contributed by atoms with E-state index in [9.17, 15) is 9.59 Å². The standard InChI is InChI=1S/C27H38N2O4/c1-7-25(27(31)28-16-19(2)3)29(17-21-8-12-23(32-6)13-9-21)26(30)18-33-24-14-10-22(11-15-24)20(4)5/h8-15,19-20,25H,7,16-18H2,1-6H3,(H,28,31)/t25-/m0/s1. The molecule has 2 aromatic carbocycles. The van der Waals surface area contributed by atoms with Gasteiger partial charge < -0.3 is 19.7 Å². The summed E-state index contributed by atoms with van der Waals surface area (Å²) in [6.45, 7) is 11.0. The summed E-state index contributed by atoms with van der Waals surface area (Å²) >= 11 is 0. The number of nitrogens with one attached hydrogen (secondary N) is 1. The first-order valence-corrected chi connectivity index (χ1v) is 11.7. The van der Waals surface area contributed by atoms with Gasteiger partial charge in [-0.2, -0.15) is 0 Å². The predicted octanol–water partition coefficient (Wildman–Crippen LogP) is 4.78. The molecule has 0 aliphatic carbocycles. The molecule has 2 rings (SSSR count). The number of ether oxygens (including phenoxy) is 2. The number of carbonyl (C=O) groups excluding carboxylic acids is 2. The molecule has 0 aliphatic heterocycles. The smallest absolute Gasteiger partial charge is 0.261 e. The van der Waals surface area contributed by atoms with E-state index < -0.39 is 6.04 Å². The van der Waals surface area contributed by atoms with Crippen LogP contribution in [0.1, 0.15) is 58.1 Å². The van der Waals surface area contributed by atoms with E-state index in [2.05, 4.69) is 19.2 Å². The number of amides is 2. The Morgan fingerprint density at radius 1 is 0.939 bits per heavy atom. The summed E-state index contributed by atoms with van der Waals surface area (Å²) in [4.78, 5) is 27.8. The molecule has 33 heavy (non-hydrogen) atoms. The van der Waals surface area contributed by atoms with E-state index in [0.717, 1.165) is 11.3 Å². The highest BCUT2D eigenvalue weighted by Gasteiger charge is 2.29. The first kappa shape index (κ1) is 26.2. The van der Waals surface area contributed by atoms with Gasteiger partial charge in [-0.3, -0.25) is 9.59 Å². The van der Waals surface area contributed by atoms with E-state index in [1.54, 1.807) is 12.0 Å². The summed E-state index contributed by atoms with van der Waals surface area (Å²) in [6, 6.07) is 14.7. The number of rotatable bonds is 12. The Balaban J connectivity index is 2.17. The molecule has 0 heterocycles. The fraction of sp³-hybridized carbons (Fsp3) is 0.481. The summed E-state index contributed by atoms with van der Waals surface area (Å²) in [5.41, 5.74) is 2.13. The molecule has 1 N–H and O–H groups in total. The second-order valence-electron chi connectivity index (χ2n) is 8.95. The van der Waals surface area contributed by atoms with Crippen molar-refractivity contribution in [3.63, 3.8) is 0 Å². The fourth-order valence-corrected chi connectivity index (χ4v) is 3.45. The highest BCUT2D eigenvalue weighted by molar-refractivity contribution is 5.88. The van der Waals surface area contributed by atoms with Gasteiger partial charge in [-0.05, 0) is 53.6 Å². The van der Waals surface area contributed by atoms with Crippen LogP contribution in [0.4, 0.5) is 0 Å². The molecule has 0 fully saturated rings. The molecule has 0 aliphatic rings. The van der Waals surface area contributed by atoms with Crippen molar-refractivity contribution in [3.8, 4) is 11.5 Å². The Labute approximate surface area is 198 Å². The minimum absolute atomic E-state index is 0.134. The third-order valence-electron chi connectivity index (χ3n) is 5.49. The Bertz CT molecular complexity index is 876. The second kappa shape index (κ2) is 12.9. The van der Waals surface area contributed by atoms with Crippen LogP contribution in [0.15, 0.2) is 48.5 Å². The zero-order valence-corrected chi connectivity index (χ0v) is 20.8. The monoisotopic (exact) mass is 454 g/mol. The van der Waals surface area contributed by atoms with Crippen molar-refractivity contribution in [2.45, 2.75) is 59.5 Å². The van der Waals surface area contributed by atoms with Crippen LogP contribution in [0.2, 0.25) is 0 Å². The highest BCUT2D eigenvalue weighted by Crippen LogP contribution is 2.20. The topological polar surface area (TPSA) is 67.9 Å². The zero-order chi connectivity index (χ0) is 24.4. The van der Waals surface area contributed by atoms with Gasteiger partial charge in [0.05, 0.1) is 7.11 Å². The molecule has 6 heteroatoms. The molecule has 180 valence electrons. The molecule has 0 aromatic heterocycles. The largest absolute Gasteiger partial charge is 0.497 e. The van der Waals surface area contributed by atoms with E-state index in [4.69, 9.17) is 9.47 Å². The van der Waals surface area contributed by atoms with Gasteiger partial charge in [0.2, 0.25) is 5.91 Å². The van der Waals surface area contributed by atoms with E-state index >= 15 is 0 Å². The maximum Gasteiger partial charge on any atom is 0.261 e. The van der Waals surface area contributed by atoms with Crippen LogP contribution >= 0.6 is 0 Å². The molecule has 0 saturated heterocycles. The lowest BCUT2D eigenvalue weighted by Gasteiger charge is -2.31. The molecule has 0 saturated carbocycles. The maximum absolute atomic E-state index is 13.3. The lowest BCUT2D eigenvalue weighted by molar-refractivity contribution is -0.143. The fourth-order valence-electron chi connectivity index (χ4n) is 3.45. The molecule has 1 atom stereocenters. The number of nitrogens with zero attached hydrogens (tertiary/aromatic N) is 1. The van der Waals surface area contributed by atoms with Crippen LogP contribution < -0.4 is 14.8 Å². The van der Waals surface area contributed by atoms with Gasteiger partial charge in [0.25, 0.3) is 5.91 Å². The predicted molar refractivity (Wildman–Crippen MR) is 131 cm³/mol. The first-order valence-electron chi connectivity index (χ1n) is 11.7. The lowest BCUT2D eigenvalue weighted by atomic mass is 10.0. The SMILES string of the molecule is CC[C@@H](C(=O)NCC(C)C)N(Cc1ccc(OC)cc1)C(=O)COc1ccc(C(C)C)cc1. The van der Waals surface area contributed by atoms with Crippen molar-refractivity contribution < 1.29 is 19.1 Å². The molecule has 2 amide bonds. The van der Waals surface area contributed by atoms with Gasteiger partial charge in [0.15, 0.2) is 6.61 Å². The minimum atomic E-state index is -0.578. The van der Waals surface area contributed by atoms with E-state index in [0.29, 0.717) is 37.1 Å². The average molecular weight is 455 g/mol. The van der Waals surface area contributed by atoms with Gasteiger partial charge in [-0.15, -0.1) is 0 Å². The van der Waals surface area contributed by atoms with Crippen molar-refractivity contribution in [2.24, 2.45) is 5.92 Å². The van der Waals surface area contributed by atoms with Crippen molar-refractivity contribution in [1.29, 1.82) is 0 Å². The van der Waals surface area contributed by atoms with Gasteiger partial charge in [0, 0.05) is 13.1 Å². The number of benzene rings is 2. The molecule has 0 spiro atoms. The van der Waals surface area contributed by atoms with E-state index in [-0.39, 0.29) is 18.4 Å². The average Bonchev–Trinajstić information content (AvgIpc) is 2.81. The van der Waals surface area contributed by atoms with Crippen LogP contribution in [-0.4, -0.2) is 43.0 Å². The molecular weight excluding hydrogens is 416 g/mol. The first-order chi connectivity index (χ1) is 15.7. The Hall–Kier alpha value is -3.02. The summed E-state index contributed by atoms with van der Waals surface area (Å²) in [5.74, 6) is 1.75. The van der Waals surface area contributed by atoms with Crippen LogP contribution in [0, 0.1) is 5.92 Å². The van der Waals surface area contributed by atoms with Gasteiger partial charge in [-0.1, -0.05) is 58.9 Å². The molecule has 0 unspecified atom stereocenters. The number of carbonyl (C=O) groups is 2. The van der Waals surface area contributed by atoms with Crippen molar-refractivity contribution in [2.75, 3.05) is 20.3 Å². The highest BCUT2D eigenvalue weighted by atomic mass is 16.5. The summed E-state index contributed by atoms with van der Waals surface area (Å²) in [5, 5.41) is 2.97. The number of methoxy groups -OCH3 is 1. The zero-order valence-electron chi connectivity index (χ0n) is 20.8. The normalized spacial score (nSPS) is 11.9. The molecule has 0 bridgehead atoms. The van der Waals surface area contributed by atoms with Gasteiger partial charge in [-0.25, -0.2) is 0 Å². The lowest BCUT2D eigenvalue weighted by Crippen LogP contribution is -2.50. The molecule has 6 nitrogen and oxygen atoms in total. The minimum Gasteiger partial charge on any atom is -0.497 e. The van der Waals surface area contributed by atoms with Gasteiger partial charge >= 0.3 is 0 Å². The van der Waals surface area contributed by atoms with Crippen LogP contribution in [0.5, 0.6) is 11.5 Å². The van der Waals surface area contributed by atoms with Crippen LogP contribution in [0.3, 0.4) is 0 Å². The molecular formula is C27H38N2O4. The Morgan fingerprint density at radius 2 is 1.55 bits per heavy atom. The summed E-state index contributed by atoms with van der Waals surface area (Å²) in [6.07, 6.45) is 0.509. The van der Waals surface area contributed by atoms with Crippen molar-refractivity contribution in [1.82, 2.24) is 10.2 Å². The van der Waals surface area contributed by atoms with Gasteiger partial charge in [0.1, 0.15) is 17.5 Å². The quantitative estimate of drug-likeness (QED) is 0.501. The summed E-state index contributed by atoms with van der Waals surface area (Å²) < 4.78 is 11.0. The Kier molecular flexibility index (Phi) is 10.2. The van der Waals surface area contributed by atoms with Crippen LogP contribution in [0.25, 0.3) is 0 Å².